The van der Waals surface area contributed by atoms with E-state index in [-0.39, 0.29) is 24.0 Å². The lowest BCUT2D eigenvalue weighted by atomic mass is 10.2. The van der Waals surface area contributed by atoms with E-state index in [1.54, 1.807) is 0 Å². The maximum absolute atomic E-state index is 4.76. The number of pyridine rings is 1. The Kier molecular flexibility index (Phi) is 10.4. The van der Waals surface area contributed by atoms with Gasteiger partial charge in [0.25, 0.3) is 0 Å². The molecular weight excluding hydrogens is 477 g/mol. The average Bonchev–Trinajstić information content (AvgIpc) is 3.19. The van der Waals surface area contributed by atoms with Crippen molar-refractivity contribution in [2.24, 2.45) is 4.99 Å². The first-order chi connectivity index (χ1) is 13.7. The maximum Gasteiger partial charge on any atom is 0.191 e. The van der Waals surface area contributed by atoms with Gasteiger partial charge in [-0.3, -0.25) is 4.90 Å². The molecule has 29 heavy (non-hydrogen) atoms. The van der Waals surface area contributed by atoms with E-state index in [9.17, 15) is 0 Å². The van der Waals surface area contributed by atoms with Crippen LogP contribution in [0.25, 0.3) is 0 Å². The van der Waals surface area contributed by atoms with E-state index < -0.39 is 0 Å². The monoisotopic (exact) mass is 515 g/mol. The number of halogens is 1. The quantitative estimate of drug-likeness (QED) is 0.329. The SMILES string of the molecule is CCNC(=NCc1ccc(N2CCN(C)CC2)nc1)NCC1CCCN1CC.I. The topological polar surface area (TPSA) is 59.0 Å². The summed E-state index contributed by atoms with van der Waals surface area (Å²) in [6, 6.07) is 4.91. The van der Waals surface area contributed by atoms with Gasteiger partial charge >= 0.3 is 0 Å². The molecule has 1 unspecified atom stereocenters. The number of likely N-dealkylation sites (tertiary alicyclic amines) is 1. The minimum atomic E-state index is 0. The lowest BCUT2D eigenvalue weighted by Gasteiger charge is -2.33. The average molecular weight is 515 g/mol. The van der Waals surface area contributed by atoms with Crippen molar-refractivity contribution >= 4 is 35.8 Å². The molecule has 0 amide bonds. The van der Waals surface area contributed by atoms with E-state index in [4.69, 9.17) is 4.99 Å². The van der Waals surface area contributed by atoms with Crippen molar-refractivity contribution in [3.8, 4) is 0 Å². The first-order valence-electron chi connectivity index (χ1n) is 10.8. The molecule has 0 saturated carbocycles. The zero-order valence-electron chi connectivity index (χ0n) is 18.2. The molecule has 8 heteroatoms. The number of nitrogens with zero attached hydrogens (tertiary/aromatic N) is 5. The highest BCUT2D eigenvalue weighted by molar-refractivity contribution is 14.0. The highest BCUT2D eigenvalue weighted by Gasteiger charge is 2.22. The largest absolute Gasteiger partial charge is 0.357 e. The van der Waals surface area contributed by atoms with E-state index in [1.807, 2.05) is 6.20 Å². The van der Waals surface area contributed by atoms with Crippen LogP contribution in [-0.4, -0.2) is 86.2 Å². The lowest BCUT2D eigenvalue weighted by molar-refractivity contribution is 0.267. The minimum Gasteiger partial charge on any atom is -0.357 e. The smallest absolute Gasteiger partial charge is 0.191 e. The standard InChI is InChI=1S/C21H37N7.HI/c1-4-22-21(25-17-19-7-6-10-27(19)5-2)24-16-18-8-9-20(23-15-18)28-13-11-26(3)12-14-28;/h8-9,15,19H,4-7,10-14,16-17H2,1-3H3,(H2,22,24,25);1H. The second kappa shape index (κ2) is 12.5. The number of aliphatic imine (C=N–C) groups is 1. The first kappa shape index (κ1) is 24.1. The van der Waals surface area contributed by atoms with Crippen molar-refractivity contribution in [2.45, 2.75) is 39.3 Å². The number of hydrogen-bond donors (Lipinski definition) is 2. The molecule has 3 rings (SSSR count). The number of likely N-dealkylation sites (N-methyl/N-ethyl adjacent to an activating group) is 2. The number of hydrogen-bond acceptors (Lipinski definition) is 5. The molecule has 0 aromatic carbocycles. The van der Waals surface area contributed by atoms with Crippen LogP contribution in [0.4, 0.5) is 5.82 Å². The van der Waals surface area contributed by atoms with E-state index in [2.05, 4.69) is 63.3 Å². The molecule has 0 bridgehead atoms. The molecule has 3 heterocycles. The molecule has 0 radical (unpaired) electrons. The van der Waals surface area contributed by atoms with Crippen LogP contribution >= 0.6 is 24.0 Å². The van der Waals surface area contributed by atoms with E-state index in [0.29, 0.717) is 12.6 Å². The third-order valence-electron chi connectivity index (χ3n) is 5.81. The summed E-state index contributed by atoms with van der Waals surface area (Å²) in [7, 11) is 2.17. The first-order valence-corrected chi connectivity index (χ1v) is 10.8. The minimum absolute atomic E-state index is 0. The van der Waals surface area contributed by atoms with Crippen LogP contribution < -0.4 is 15.5 Å². The summed E-state index contributed by atoms with van der Waals surface area (Å²) in [5.74, 6) is 1.97. The second-order valence-electron chi connectivity index (χ2n) is 7.82. The second-order valence-corrected chi connectivity index (χ2v) is 7.82. The van der Waals surface area contributed by atoms with Gasteiger partial charge in [-0.15, -0.1) is 24.0 Å². The Morgan fingerprint density at radius 1 is 1.14 bits per heavy atom. The van der Waals surface area contributed by atoms with Crippen LogP contribution in [0.2, 0.25) is 0 Å². The fourth-order valence-electron chi connectivity index (χ4n) is 4.00. The Bertz CT molecular complexity index is 614. The summed E-state index contributed by atoms with van der Waals surface area (Å²) >= 11 is 0. The summed E-state index contributed by atoms with van der Waals surface area (Å²) in [5.41, 5.74) is 1.14. The van der Waals surface area contributed by atoms with Gasteiger partial charge in [-0.25, -0.2) is 9.98 Å². The van der Waals surface area contributed by atoms with Gasteiger partial charge in [-0.2, -0.15) is 0 Å². The molecule has 2 saturated heterocycles. The van der Waals surface area contributed by atoms with Crippen LogP contribution in [0, 0.1) is 0 Å². The molecule has 0 spiro atoms. The number of anilines is 1. The van der Waals surface area contributed by atoms with Gasteiger partial charge in [-0.1, -0.05) is 13.0 Å². The predicted octanol–water partition coefficient (Wildman–Crippen LogP) is 1.99. The Balaban J connectivity index is 0.00000300. The molecule has 2 aliphatic heterocycles. The number of piperazine rings is 1. The Morgan fingerprint density at radius 3 is 2.59 bits per heavy atom. The van der Waals surface area contributed by atoms with Gasteiger partial charge < -0.3 is 20.4 Å². The zero-order valence-corrected chi connectivity index (χ0v) is 20.6. The lowest BCUT2D eigenvalue weighted by Crippen LogP contribution is -2.45. The van der Waals surface area contributed by atoms with Crippen molar-refractivity contribution in [1.29, 1.82) is 0 Å². The molecule has 2 aliphatic rings. The third-order valence-corrected chi connectivity index (χ3v) is 5.81. The van der Waals surface area contributed by atoms with Crippen molar-refractivity contribution in [2.75, 3.05) is 64.3 Å². The molecule has 2 N–H and O–H groups in total. The Labute approximate surface area is 193 Å². The molecule has 1 aromatic rings. The van der Waals surface area contributed by atoms with Crippen LogP contribution in [0.3, 0.4) is 0 Å². The molecule has 7 nitrogen and oxygen atoms in total. The highest BCUT2D eigenvalue weighted by Crippen LogP contribution is 2.16. The molecular formula is C21H38IN7. The van der Waals surface area contributed by atoms with Gasteiger partial charge in [-0.05, 0) is 51.5 Å². The molecule has 164 valence electrons. The number of nitrogens with one attached hydrogen (secondary N) is 2. The normalized spacial score (nSPS) is 21.1. The molecule has 2 fully saturated rings. The highest BCUT2D eigenvalue weighted by atomic mass is 127. The summed E-state index contributed by atoms with van der Waals surface area (Å²) in [5, 5.41) is 6.89. The summed E-state index contributed by atoms with van der Waals surface area (Å²) in [6.45, 7) is 13.5. The predicted molar refractivity (Wildman–Crippen MR) is 132 cm³/mol. The van der Waals surface area contributed by atoms with Gasteiger partial charge in [0.1, 0.15) is 5.82 Å². The van der Waals surface area contributed by atoms with E-state index in [1.165, 1.54) is 19.4 Å². The van der Waals surface area contributed by atoms with Crippen LogP contribution in [-0.2, 0) is 6.54 Å². The molecule has 1 atom stereocenters. The fourth-order valence-corrected chi connectivity index (χ4v) is 4.00. The Hall–Kier alpha value is -1.13. The summed E-state index contributed by atoms with van der Waals surface area (Å²) in [4.78, 5) is 16.7. The summed E-state index contributed by atoms with van der Waals surface area (Å²) < 4.78 is 0. The molecule has 1 aromatic heterocycles. The third kappa shape index (κ3) is 7.25. The van der Waals surface area contributed by atoms with Gasteiger partial charge in [0.2, 0.25) is 0 Å². The molecule has 0 aliphatic carbocycles. The van der Waals surface area contributed by atoms with Crippen molar-refractivity contribution in [3.05, 3.63) is 23.9 Å². The number of guanidine groups is 1. The van der Waals surface area contributed by atoms with Crippen molar-refractivity contribution < 1.29 is 0 Å². The zero-order chi connectivity index (χ0) is 19.8. The fraction of sp³-hybridized carbons (Fsp3) is 0.714. The van der Waals surface area contributed by atoms with Crippen LogP contribution in [0.1, 0.15) is 32.3 Å². The van der Waals surface area contributed by atoms with Gasteiger partial charge in [0.15, 0.2) is 5.96 Å². The van der Waals surface area contributed by atoms with Crippen molar-refractivity contribution in [1.82, 2.24) is 25.4 Å². The van der Waals surface area contributed by atoms with Crippen LogP contribution in [0.15, 0.2) is 23.3 Å². The van der Waals surface area contributed by atoms with E-state index in [0.717, 1.165) is 63.2 Å². The maximum atomic E-state index is 4.76. The van der Waals surface area contributed by atoms with Gasteiger partial charge in [0, 0.05) is 51.5 Å². The number of rotatable bonds is 7. The summed E-state index contributed by atoms with van der Waals surface area (Å²) in [6.07, 6.45) is 4.55. The Morgan fingerprint density at radius 2 is 1.93 bits per heavy atom. The van der Waals surface area contributed by atoms with Crippen molar-refractivity contribution in [3.63, 3.8) is 0 Å². The van der Waals surface area contributed by atoms with Gasteiger partial charge in [0.05, 0.1) is 6.54 Å². The number of aromatic nitrogens is 1. The van der Waals surface area contributed by atoms with Crippen LogP contribution in [0.5, 0.6) is 0 Å². The van der Waals surface area contributed by atoms with E-state index >= 15 is 0 Å².